The number of hydrogen-bond donors (Lipinski definition) is 0. The molecule has 16 heavy (non-hydrogen) atoms. The zero-order chi connectivity index (χ0) is 11.7. The van der Waals surface area contributed by atoms with Gasteiger partial charge in [-0.2, -0.15) is 0 Å². The third-order valence-corrected chi connectivity index (χ3v) is 3.47. The Morgan fingerprint density at radius 3 is 2.56 bits per heavy atom. The molecule has 0 aliphatic carbocycles. The van der Waals surface area contributed by atoms with E-state index < -0.39 is 0 Å². The van der Waals surface area contributed by atoms with Gasteiger partial charge in [0.2, 0.25) is 0 Å². The normalized spacial score (nSPS) is 11.0. The summed E-state index contributed by atoms with van der Waals surface area (Å²) in [6.45, 7) is 4.23. The Bertz CT molecular complexity index is 537. The molecule has 2 rings (SSSR count). The summed E-state index contributed by atoms with van der Waals surface area (Å²) in [4.78, 5) is 4.66. The van der Waals surface area contributed by atoms with E-state index in [9.17, 15) is 0 Å². The van der Waals surface area contributed by atoms with Gasteiger partial charge in [0.1, 0.15) is 0 Å². The van der Waals surface area contributed by atoms with Crippen molar-refractivity contribution in [2.45, 2.75) is 26.7 Å². The molecule has 0 aliphatic rings. The minimum Gasteiger partial charge on any atom is -0.252 e. The molecule has 1 aromatic carbocycles. The molecule has 2 aromatic rings. The molecular formula is C13H13BrClN. The van der Waals surface area contributed by atoms with E-state index in [1.54, 1.807) is 0 Å². The minimum atomic E-state index is 0.790. The highest BCUT2D eigenvalue weighted by molar-refractivity contribution is 9.10. The van der Waals surface area contributed by atoms with Crippen molar-refractivity contribution in [3.8, 4) is 0 Å². The van der Waals surface area contributed by atoms with Gasteiger partial charge in [-0.25, -0.2) is 0 Å². The molecule has 0 unspecified atom stereocenters. The van der Waals surface area contributed by atoms with Crippen molar-refractivity contribution < 1.29 is 0 Å². The number of aryl methyl sites for hydroxylation is 2. The second-order valence-corrected chi connectivity index (χ2v) is 5.09. The molecule has 0 saturated heterocycles. The van der Waals surface area contributed by atoms with Crippen LogP contribution in [0.15, 0.2) is 22.7 Å². The van der Waals surface area contributed by atoms with Crippen LogP contribution in [0.3, 0.4) is 0 Å². The molecule has 0 radical (unpaired) electrons. The van der Waals surface area contributed by atoms with E-state index in [4.69, 9.17) is 11.6 Å². The summed E-state index contributed by atoms with van der Waals surface area (Å²) in [5.41, 5.74) is 3.33. The SMILES string of the molecule is CCc1cc(Cl)c2cc(Br)cc(CC)c2n1. The van der Waals surface area contributed by atoms with Gasteiger partial charge in [0.15, 0.2) is 0 Å². The summed E-state index contributed by atoms with van der Waals surface area (Å²) in [6.07, 6.45) is 1.88. The lowest BCUT2D eigenvalue weighted by molar-refractivity contribution is 1.04. The smallest absolute Gasteiger partial charge is 0.0752 e. The summed E-state index contributed by atoms with van der Waals surface area (Å²) >= 11 is 9.79. The van der Waals surface area contributed by atoms with E-state index in [1.165, 1.54) is 5.56 Å². The second-order valence-electron chi connectivity index (χ2n) is 3.76. The van der Waals surface area contributed by atoms with Crippen molar-refractivity contribution in [2.24, 2.45) is 0 Å². The third-order valence-electron chi connectivity index (χ3n) is 2.70. The highest BCUT2D eigenvalue weighted by Gasteiger charge is 2.08. The van der Waals surface area contributed by atoms with Crippen molar-refractivity contribution in [1.82, 2.24) is 4.98 Å². The van der Waals surface area contributed by atoms with E-state index >= 15 is 0 Å². The monoisotopic (exact) mass is 297 g/mol. The molecule has 1 heterocycles. The predicted octanol–water partition coefficient (Wildman–Crippen LogP) is 4.78. The van der Waals surface area contributed by atoms with Crippen LogP contribution in [-0.4, -0.2) is 4.98 Å². The number of rotatable bonds is 2. The van der Waals surface area contributed by atoms with Crippen molar-refractivity contribution in [3.05, 3.63) is 39.0 Å². The number of aromatic nitrogens is 1. The number of pyridine rings is 1. The van der Waals surface area contributed by atoms with Crippen LogP contribution in [-0.2, 0) is 12.8 Å². The molecule has 1 aromatic heterocycles. The molecule has 0 aliphatic heterocycles. The molecule has 0 bridgehead atoms. The van der Waals surface area contributed by atoms with Crippen LogP contribution in [0.1, 0.15) is 25.1 Å². The van der Waals surface area contributed by atoms with Crippen LogP contribution in [0.4, 0.5) is 0 Å². The van der Waals surface area contributed by atoms with Crippen molar-refractivity contribution >= 4 is 38.4 Å². The first-order chi connectivity index (χ1) is 7.65. The zero-order valence-electron chi connectivity index (χ0n) is 9.35. The third kappa shape index (κ3) is 2.09. The quantitative estimate of drug-likeness (QED) is 0.778. The second kappa shape index (κ2) is 4.72. The van der Waals surface area contributed by atoms with Gasteiger partial charge in [-0.15, -0.1) is 0 Å². The van der Waals surface area contributed by atoms with Gasteiger partial charge >= 0.3 is 0 Å². The number of hydrogen-bond acceptors (Lipinski definition) is 1. The average Bonchev–Trinajstić information content (AvgIpc) is 2.28. The van der Waals surface area contributed by atoms with Gasteiger partial charge in [-0.3, -0.25) is 4.98 Å². The first-order valence-electron chi connectivity index (χ1n) is 5.43. The van der Waals surface area contributed by atoms with Crippen molar-refractivity contribution in [2.75, 3.05) is 0 Å². The van der Waals surface area contributed by atoms with E-state index in [2.05, 4.69) is 40.8 Å². The Morgan fingerprint density at radius 2 is 1.94 bits per heavy atom. The number of fused-ring (bicyclic) bond motifs is 1. The molecule has 3 heteroatoms. The number of halogens is 2. The first kappa shape index (κ1) is 11.9. The highest BCUT2D eigenvalue weighted by atomic mass is 79.9. The number of nitrogens with zero attached hydrogens (tertiary/aromatic N) is 1. The van der Waals surface area contributed by atoms with Gasteiger partial charge in [-0.1, -0.05) is 41.4 Å². The maximum Gasteiger partial charge on any atom is 0.0752 e. The fraction of sp³-hybridized carbons (Fsp3) is 0.308. The largest absolute Gasteiger partial charge is 0.252 e. The van der Waals surface area contributed by atoms with Gasteiger partial charge in [0.25, 0.3) is 0 Å². The van der Waals surface area contributed by atoms with Crippen molar-refractivity contribution in [1.29, 1.82) is 0 Å². The lowest BCUT2D eigenvalue weighted by Crippen LogP contribution is -1.93. The Balaban J connectivity index is 2.83. The summed E-state index contributed by atoms with van der Waals surface area (Å²) in [5, 5.41) is 1.82. The van der Waals surface area contributed by atoms with Crippen LogP contribution in [0.25, 0.3) is 10.9 Å². The Hall–Kier alpha value is -0.600. The standard InChI is InChI=1S/C13H13BrClN/c1-3-8-5-9(14)6-11-12(15)7-10(4-2)16-13(8)11/h5-7H,3-4H2,1-2H3. The maximum absolute atomic E-state index is 6.28. The Morgan fingerprint density at radius 1 is 1.19 bits per heavy atom. The number of benzene rings is 1. The maximum atomic E-state index is 6.28. The fourth-order valence-electron chi connectivity index (χ4n) is 1.82. The fourth-order valence-corrected chi connectivity index (χ4v) is 2.60. The molecule has 0 N–H and O–H groups in total. The summed E-state index contributed by atoms with van der Waals surface area (Å²) in [6, 6.07) is 6.10. The molecule has 84 valence electrons. The van der Waals surface area contributed by atoms with Crippen LogP contribution in [0.5, 0.6) is 0 Å². The minimum absolute atomic E-state index is 0.790. The van der Waals surface area contributed by atoms with Gasteiger partial charge < -0.3 is 0 Å². The van der Waals surface area contributed by atoms with Crippen molar-refractivity contribution in [3.63, 3.8) is 0 Å². The Labute approximate surface area is 109 Å². The lowest BCUT2D eigenvalue weighted by Gasteiger charge is -2.08. The molecule has 0 spiro atoms. The molecule has 0 atom stereocenters. The van der Waals surface area contributed by atoms with Crippen LogP contribution >= 0.6 is 27.5 Å². The topological polar surface area (TPSA) is 12.9 Å². The molecule has 0 saturated carbocycles. The van der Waals surface area contributed by atoms with Crippen LogP contribution in [0.2, 0.25) is 5.02 Å². The molecule has 0 fully saturated rings. The average molecular weight is 299 g/mol. The lowest BCUT2D eigenvalue weighted by atomic mass is 10.1. The zero-order valence-corrected chi connectivity index (χ0v) is 11.7. The predicted molar refractivity (Wildman–Crippen MR) is 73.2 cm³/mol. The Kier molecular flexibility index (Phi) is 3.50. The molecule has 0 amide bonds. The van der Waals surface area contributed by atoms with Gasteiger partial charge in [-0.05, 0) is 36.6 Å². The molecule has 1 nitrogen and oxygen atoms in total. The van der Waals surface area contributed by atoms with Crippen LogP contribution < -0.4 is 0 Å². The van der Waals surface area contributed by atoms with Crippen LogP contribution in [0, 0.1) is 0 Å². The van der Waals surface area contributed by atoms with E-state index in [1.807, 2.05) is 12.1 Å². The van der Waals surface area contributed by atoms with E-state index in [0.717, 1.165) is 38.9 Å². The molecular weight excluding hydrogens is 286 g/mol. The highest BCUT2D eigenvalue weighted by Crippen LogP contribution is 2.29. The van der Waals surface area contributed by atoms with E-state index in [0.29, 0.717) is 0 Å². The first-order valence-corrected chi connectivity index (χ1v) is 6.60. The van der Waals surface area contributed by atoms with Gasteiger partial charge in [0.05, 0.1) is 10.5 Å². The summed E-state index contributed by atoms with van der Waals surface area (Å²) in [7, 11) is 0. The summed E-state index contributed by atoms with van der Waals surface area (Å²) < 4.78 is 1.06. The van der Waals surface area contributed by atoms with E-state index in [-0.39, 0.29) is 0 Å². The summed E-state index contributed by atoms with van der Waals surface area (Å²) in [5.74, 6) is 0. The van der Waals surface area contributed by atoms with Gasteiger partial charge in [0, 0.05) is 15.6 Å².